The number of allylic oxidation sites excluding steroid dienone is 3. The van der Waals surface area contributed by atoms with Gasteiger partial charge < -0.3 is 14.4 Å². The Balaban J connectivity index is 0.000000883. The van der Waals surface area contributed by atoms with E-state index in [-0.39, 0.29) is 28.8 Å². The summed E-state index contributed by atoms with van der Waals surface area (Å²) in [7, 11) is 3.43. The van der Waals surface area contributed by atoms with Crippen molar-refractivity contribution in [3.63, 3.8) is 0 Å². The third-order valence-electron chi connectivity index (χ3n) is 7.52. The zero-order valence-electron chi connectivity index (χ0n) is 27.4. The maximum Gasteiger partial charge on any atom is 0.254 e. The number of hydrogen-bond acceptors (Lipinski definition) is 5. The number of benzene rings is 1. The lowest BCUT2D eigenvalue weighted by molar-refractivity contribution is -0.306. The Hall–Kier alpha value is -2.63. The molecule has 41 heavy (non-hydrogen) atoms. The van der Waals surface area contributed by atoms with E-state index < -0.39 is 5.60 Å². The van der Waals surface area contributed by atoms with Gasteiger partial charge >= 0.3 is 0 Å². The second-order valence-electron chi connectivity index (χ2n) is 13.9. The summed E-state index contributed by atoms with van der Waals surface area (Å²) in [6.07, 6.45) is 9.94. The van der Waals surface area contributed by atoms with Crippen LogP contribution in [-0.4, -0.2) is 54.1 Å². The molecule has 1 amide bonds. The van der Waals surface area contributed by atoms with Crippen molar-refractivity contribution in [1.82, 2.24) is 4.90 Å². The molecule has 0 spiro atoms. The summed E-state index contributed by atoms with van der Waals surface area (Å²) in [5, 5.41) is 7.90. The van der Waals surface area contributed by atoms with Crippen LogP contribution in [0.3, 0.4) is 0 Å². The molecule has 0 bridgehead atoms. The van der Waals surface area contributed by atoms with Gasteiger partial charge in [-0.1, -0.05) is 58.9 Å². The highest BCUT2D eigenvalue weighted by Gasteiger charge is 2.52. The number of carbonyl (C=O) groups is 1. The molecule has 228 valence electrons. The molecule has 3 atom stereocenters. The average molecular weight is 568 g/mol. The average Bonchev–Trinajstić information content (AvgIpc) is 2.99. The number of likely N-dealkylation sites (tertiary alicyclic amines) is 1. The minimum absolute atomic E-state index is 0.0430. The molecule has 1 aliphatic carbocycles. The third-order valence-corrected chi connectivity index (χ3v) is 7.52. The van der Waals surface area contributed by atoms with Gasteiger partial charge in [0.25, 0.3) is 5.91 Å². The molecule has 6 heteroatoms. The molecule has 6 nitrogen and oxygen atoms in total. The van der Waals surface area contributed by atoms with Gasteiger partial charge in [-0.25, -0.2) is 4.89 Å². The van der Waals surface area contributed by atoms with E-state index in [1.165, 1.54) is 0 Å². The summed E-state index contributed by atoms with van der Waals surface area (Å²) in [5.74, 6) is 1.45. The fraction of sp³-hybridized carbons (Fsp3) is 0.600. The highest BCUT2D eigenvalue weighted by Crippen LogP contribution is 2.47. The number of carbonyl (C=O) groups excluding carboxylic acids is 1. The second-order valence-corrected chi connectivity index (χ2v) is 13.9. The lowest BCUT2D eigenvalue weighted by Crippen LogP contribution is -2.51. The van der Waals surface area contributed by atoms with E-state index in [0.29, 0.717) is 18.1 Å². The fourth-order valence-electron chi connectivity index (χ4n) is 6.01. The van der Waals surface area contributed by atoms with E-state index in [1.54, 1.807) is 35.0 Å². The van der Waals surface area contributed by atoms with E-state index in [0.717, 1.165) is 35.3 Å². The van der Waals surface area contributed by atoms with Crippen molar-refractivity contribution >= 4 is 5.91 Å². The lowest BCUT2D eigenvalue weighted by atomic mass is 9.84. The molecule has 3 rings (SSSR count). The normalized spacial score (nSPS) is 22.6. The Morgan fingerprint density at radius 3 is 2.29 bits per heavy atom. The summed E-state index contributed by atoms with van der Waals surface area (Å²) in [4.78, 5) is 20.5. The third kappa shape index (κ3) is 8.93. The predicted molar refractivity (Wildman–Crippen MR) is 167 cm³/mol. The number of methoxy groups -OCH3 is 2. The molecule has 1 aromatic rings. The van der Waals surface area contributed by atoms with E-state index in [9.17, 15) is 4.79 Å². The zero-order chi connectivity index (χ0) is 31.2. The number of ether oxygens (including phenoxy) is 2. The Kier molecular flexibility index (Phi) is 11.8. The molecule has 1 aliphatic heterocycles. The first kappa shape index (κ1) is 34.6. The Morgan fingerprint density at radius 1 is 1.15 bits per heavy atom. The van der Waals surface area contributed by atoms with Gasteiger partial charge in [0.1, 0.15) is 5.75 Å². The molecule has 0 unspecified atom stereocenters. The summed E-state index contributed by atoms with van der Waals surface area (Å²) in [6.45, 7) is 21.2. The van der Waals surface area contributed by atoms with Gasteiger partial charge in [-0.15, -0.1) is 5.73 Å². The van der Waals surface area contributed by atoms with Crippen LogP contribution in [0.2, 0.25) is 0 Å². The summed E-state index contributed by atoms with van der Waals surface area (Å²) in [5.41, 5.74) is 6.56. The maximum atomic E-state index is 14.4. The van der Waals surface area contributed by atoms with Crippen LogP contribution in [-0.2, 0) is 15.0 Å². The largest absolute Gasteiger partial charge is 0.496 e. The molecule has 0 aromatic heterocycles. The first-order valence-corrected chi connectivity index (χ1v) is 14.6. The monoisotopic (exact) mass is 567 g/mol. The summed E-state index contributed by atoms with van der Waals surface area (Å²) < 4.78 is 11.4. The zero-order valence-corrected chi connectivity index (χ0v) is 27.4. The van der Waals surface area contributed by atoms with Crippen molar-refractivity contribution < 1.29 is 24.4 Å². The van der Waals surface area contributed by atoms with E-state index >= 15 is 0 Å². The number of hydrogen-bond donors (Lipinski definition) is 1. The van der Waals surface area contributed by atoms with Crippen LogP contribution in [0.4, 0.5) is 0 Å². The Morgan fingerprint density at radius 2 is 1.78 bits per heavy atom. The van der Waals surface area contributed by atoms with Gasteiger partial charge in [0, 0.05) is 24.1 Å². The van der Waals surface area contributed by atoms with Gasteiger partial charge in [0.2, 0.25) is 0 Å². The number of nitrogens with zero attached hydrogens (tertiary/aromatic N) is 1. The van der Waals surface area contributed by atoms with E-state index in [1.807, 2.05) is 36.4 Å². The quantitative estimate of drug-likeness (QED) is 0.205. The van der Waals surface area contributed by atoms with Crippen LogP contribution in [0, 0.1) is 11.8 Å². The number of rotatable bonds is 7. The van der Waals surface area contributed by atoms with Crippen LogP contribution >= 0.6 is 0 Å². The Labute approximate surface area is 248 Å². The second kappa shape index (κ2) is 14.0. The molecule has 1 aromatic carbocycles. The van der Waals surface area contributed by atoms with E-state index in [2.05, 4.69) is 70.1 Å². The van der Waals surface area contributed by atoms with Crippen LogP contribution in [0.1, 0.15) is 98.0 Å². The van der Waals surface area contributed by atoms with Crippen molar-refractivity contribution in [3.8, 4) is 5.75 Å². The van der Waals surface area contributed by atoms with Crippen LogP contribution in [0.5, 0.6) is 5.75 Å². The van der Waals surface area contributed by atoms with Gasteiger partial charge in [-0.2, -0.15) is 0 Å². The molecular weight excluding hydrogens is 514 g/mol. The van der Waals surface area contributed by atoms with Gasteiger partial charge in [0.05, 0.1) is 25.4 Å². The van der Waals surface area contributed by atoms with Crippen LogP contribution in [0.25, 0.3) is 0 Å². The lowest BCUT2D eigenvalue weighted by Gasteiger charge is -2.41. The maximum absolute atomic E-state index is 14.4. The SMILES string of the molecule is CC(C)(C)OO.COC[C@H]1C[C@](C)(CC(C)C)N(C(=O)c2ccc(C(C)(C)C)c(OC)c2)[C@H]1C1=CC=CC=C=C1C. The van der Waals surface area contributed by atoms with Gasteiger partial charge in [-0.3, -0.25) is 10.1 Å². The highest BCUT2D eigenvalue weighted by molar-refractivity contribution is 5.96. The minimum Gasteiger partial charge on any atom is -0.496 e. The van der Waals surface area contributed by atoms with Crippen molar-refractivity contribution in [2.45, 2.75) is 105 Å². The topological polar surface area (TPSA) is 68.2 Å². The predicted octanol–water partition coefficient (Wildman–Crippen LogP) is 8.15. The van der Waals surface area contributed by atoms with Crippen LogP contribution < -0.4 is 4.74 Å². The van der Waals surface area contributed by atoms with E-state index in [4.69, 9.17) is 14.7 Å². The molecule has 1 fully saturated rings. The van der Waals surface area contributed by atoms with Crippen molar-refractivity contribution in [2.24, 2.45) is 11.8 Å². The van der Waals surface area contributed by atoms with Gasteiger partial charge in [0.15, 0.2) is 0 Å². The smallest absolute Gasteiger partial charge is 0.254 e. The van der Waals surface area contributed by atoms with Crippen molar-refractivity contribution in [1.29, 1.82) is 0 Å². The number of amides is 1. The molecule has 1 N–H and O–H groups in total. The van der Waals surface area contributed by atoms with Crippen molar-refractivity contribution in [3.05, 3.63) is 70.5 Å². The Bertz CT molecular complexity index is 1170. The molecule has 1 heterocycles. The fourth-order valence-corrected chi connectivity index (χ4v) is 6.01. The van der Waals surface area contributed by atoms with Crippen LogP contribution in [0.15, 0.2) is 59.4 Å². The highest BCUT2D eigenvalue weighted by atomic mass is 17.1. The standard InChI is InChI=1S/C31H43NO3.C4H10O2/c1-21(2)18-31(7)19-24(20-34-8)28(25-14-12-10-11-13-22(25)3)32(31)29(33)23-15-16-26(30(4,5)6)27(17-23)35-9;1-4(2,3)6-5/h10-12,14-17,21,24,28H,18-20H2,1-9H3;5H,1-3H3/t24-,28-,31+;/m1./s1. The molecule has 0 saturated carbocycles. The minimum atomic E-state index is -0.403. The van der Waals surface area contributed by atoms with Gasteiger partial charge in [-0.05, 0) is 93.7 Å². The first-order chi connectivity index (χ1) is 19.0. The van der Waals surface area contributed by atoms with Crippen molar-refractivity contribution in [2.75, 3.05) is 20.8 Å². The summed E-state index contributed by atoms with van der Waals surface area (Å²) in [6, 6.07) is 5.84. The summed E-state index contributed by atoms with van der Waals surface area (Å²) >= 11 is 0. The molecule has 2 aliphatic rings. The molecule has 0 radical (unpaired) electrons. The molecule has 1 saturated heterocycles. The first-order valence-electron chi connectivity index (χ1n) is 14.6. The molecular formula is C35H53NO5.